The van der Waals surface area contributed by atoms with E-state index >= 15 is 0 Å². The van der Waals surface area contributed by atoms with Crippen molar-refractivity contribution in [1.82, 2.24) is 19.7 Å². The average molecular weight is 347 g/mol. The van der Waals surface area contributed by atoms with Gasteiger partial charge in [0.2, 0.25) is 5.91 Å². The molecule has 9 heteroatoms. The van der Waals surface area contributed by atoms with Gasteiger partial charge in [0, 0.05) is 24.9 Å². The molecule has 26 heavy (non-hydrogen) atoms. The van der Waals surface area contributed by atoms with Crippen LogP contribution < -0.4 is 10.6 Å². The van der Waals surface area contributed by atoms with Crippen molar-refractivity contribution in [3.05, 3.63) is 60.0 Å². The van der Waals surface area contributed by atoms with E-state index in [-0.39, 0.29) is 28.7 Å². The lowest BCUT2D eigenvalue weighted by Crippen LogP contribution is -2.17. The van der Waals surface area contributed by atoms with Gasteiger partial charge in [0.1, 0.15) is 17.5 Å². The highest BCUT2D eigenvalue weighted by atomic mass is 16.2. The van der Waals surface area contributed by atoms with Crippen molar-refractivity contribution in [1.29, 1.82) is 5.26 Å². The van der Waals surface area contributed by atoms with Gasteiger partial charge >= 0.3 is 0 Å². The third kappa shape index (κ3) is 3.54. The summed E-state index contributed by atoms with van der Waals surface area (Å²) in [4.78, 5) is 31.8. The molecule has 0 fully saturated rings. The molecule has 0 unspecified atom stereocenters. The topological polar surface area (TPSA) is 126 Å². The van der Waals surface area contributed by atoms with Gasteiger partial charge in [-0.15, -0.1) is 0 Å². The number of carbonyl (C=O) groups excluding carboxylic acids is 2. The summed E-state index contributed by atoms with van der Waals surface area (Å²) in [5, 5.41) is 18.6. The number of rotatable bonds is 4. The second-order valence-electron chi connectivity index (χ2n) is 5.18. The molecule has 0 radical (unpaired) electrons. The number of amides is 2. The normalized spacial score (nSPS) is 10.0. The van der Waals surface area contributed by atoms with E-state index in [0.717, 1.165) is 0 Å². The molecule has 0 atom stereocenters. The summed E-state index contributed by atoms with van der Waals surface area (Å²) < 4.78 is 1.37. The summed E-state index contributed by atoms with van der Waals surface area (Å²) in [6, 6.07) is 10.1. The predicted octanol–water partition coefficient (Wildman–Crippen LogP) is 1.74. The van der Waals surface area contributed by atoms with Crippen molar-refractivity contribution in [2.75, 3.05) is 10.6 Å². The Morgan fingerprint density at radius 1 is 1.15 bits per heavy atom. The minimum Gasteiger partial charge on any atom is -0.311 e. The summed E-state index contributed by atoms with van der Waals surface area (Å²) in [6.45, 7) is 1.35. The Morgan fingerprint density at radius 2 is 2.00 bits per heavy atom. The minimum absolute atomic E-state index is 0.195. The number of anilines is 2. The molecule has 2 amide bonds. The zero-order valence-corrected chi connectivity index (χ0v) is 13.7. The molecule has 0 aliphatic heterocycles. The van der Waals surface area contributed by atoms with Gasteiger partial charge in [0.25, 0.3) is 5.91 Å². The Morgan fingerprint density at radius 3 is 2.69 bits per heavy atom. The smallest absolute Gasteiger partial charge is 0.257 e. The monoisotopic (exact) mass is 347 g/mol. The van der Waals surface area contributed by atoms with Crippen molar-refractivity contribution in [2.45, 2.75) is 6.92 Å². The Kier molecular flexibility index (Phi) is 4.67. The van der Waals surface area contributed by atoms with Crippen LogP contribution in [0.4, 0.5) is 11.6 Å². The predicted molar refractivity (Wildman–Crippen MR) is 92.6 cm³/mol. The molecular formula is C17H13N7O2. The summed E-state index contributed by atoms with van der Waals surface area (Å²) in [6.07, 6.45) is 4.33. The molecular weight excluding hydrogens is 334 g/mol. The average Bonchev–Trinajstić information content (AvgIpc) is 3.04. The maximum absolute atomic E-state index is 12.6. The highest BCUT2D eigenvalue weighted by Gasteiger charge is 2.17. The van der Waals surface area contributed by atoms with Crippen LogP contribution in [0.15, 0.2) is 48.9 Å². The fourth-order valence-corrected chi connectivity index (χ4v) is 2.20. The highest BCUT2D eigenvalue weighted by Crippen LogP contribution is 2.19. The zero-order valence-electron chi connectivity index (χ0n) is 13.7. The van der Waals surface area contributed by atoms with E-state index in [0.29, 0.717) is 5.82 Å². The van der Waals surface area contributed by atoms with Crippen LogP contribution in [0.5, 0.6) is 0 Å². The fraction of sp³-hybridized carbons (Fsp3) is 0.0588. The molecule has 3 aromatic rings. The van der Waals surface area contributed by atoms with Gasteiger partial charge in [-0.05, 0) is 24.3 Å². The molecule has 0 saturated carbocycles. The molecule has 0 saturated heterocycles. The van der Waals surface area contributed by atoms with Crippen molar-refractivity contribution in [3.63, 3.8) is 0 Å². The van der Waals surface area contributed by atoms with Gasteiger partial charge in [-0.25, -0.2) is 9.97 Å². The largest absolute Gasteiger partial charge is 0.311 e. The molecule has 3 rings (SSSR count). The van der Waals surface area contributed by atoms with Gasteiger partial charge in [-0.2, -0.15) is 15.0 Å². The lowest BCUT2D eigenvalue weighted by Gasteiger charge is -2.09. The van der Waals surface area contributed by atoms with Crippen molar-refractivity contribution >= 4 is 23.5 Å². The molecule has 0 aromatic carbocycles. The third-order valence-electron chi connectivity index (χ3n) is 3.31. The summed E-state index contributed by atoms with van der Waals surface area (Å²) in [5.74, 6) is 0.138. The molecule has 9 nitrogen and oxygen atoms in total. The molecule has 0 aliphatic rings. The molecule has 128 valence electrons. The Bertz CT molecular complexity index is 1010. The first-order valence-electron chi connectivity index (χ1n) is 7.53. The molecule has 3 heterocycles. The fourth-order valence-electron chi connectivity index (χ4n) is 2.20. The summed E-state index contributed by atoms with van der Waals surface area (Å²) in [7, 11) is 0. The number of hydrogen-bond acceptors (Lipinski definition) is 6. The SMILES string of the molecule is CC(=O)Nc1cc(C(=O)Nc2c(C#N)cnn2-c2ccccn2)ccn1. The van der Waals surface area contributed by atoms with E-state index in [9.17, 15) is 14.9 Å². The van der Waals surface area contributed by atoms with Crippen LogP contribution in [-0.4, -0.2) is 31.6 Å². The van der Waals surface area contributed by atoms with E-state index in [4.69, 9.17) is 0 Å². The summed E-state index contributed by atoms with van der Waals surface area (Å²) in [5.41, 5.74) is 0.460. The molecule has 2 N–H and O–H groups in total. The van der Waals surface area contributed by atoms with Crippen LogP contribution in [0.3, 0.4) is 0 Å². The van der Waals surface area contributed by atoms with Crippen molar-refractivity contribution < 1.29 is 9.59 Å². The molecule has 0 aliphatic carbocycles. The Balaban J connectivity index is 1.92. The van der Waals surface area contributed by atoms with E-state index in [2.05, 4.69) is 25.7 Å². The number of hydrogen-bond donors (Lipinski definition) is 2. The Labute approximate surface area is 148 Å². The van der Waals surface area contributed by atoms with Gasteiger partial charge in [0.05, 0.1) is 6.20 Å². The van der Waals surface area contributed by atoms with Crippen LogP contribution in [-0.2, 0) is 4.79 Å². The van der Waals surface area contributed by atoms with Gasteiger partial charge in [0.15, 0.2) is 11.6 Å². The second kappa shape index (κ2) is 7.23. The maximum Gasteiger partial charge on any atom is 0.257 e. The van der Waals surface area contributed by atoms with Gasteiger partial charge < -0.3 is 10.6 Å². The molecule has 3 aromatic heterocycles. The van der Waals surface area contributed by atoms with Crippen LogP contribution in [0, 0.1) is 11.3 Å². The lowest BCUT2D eigenvalue weighted by atomic mass is 10.2. The van der Waals surface area contributed by atoms with Crippen LogP contribution in [0.2, 0.25) is 0 Å². The highest BCUT2D eigenvalue weighted by molar-refractivity contribution is 6.05. The quantitative estimate of drug-likeness (QED) is 0.740. The van der Waals surface area contributed by atoms with Gasteiger partial charge in [-0.1, -0.05) is 6.07 Å². The molecule has 0 spiro atoms. The van der Waals surface area contributed by atoms with Crippen molar-refractivity contribution in [3.8, 4) is 11.9 Å². The second-order valence-corrected chi connectivity index (χ2v) is 5.18. The first-order valence-corrected chi connectivity index (χ1v) is 7.53. The molecule has 0 bridgehead atoms. The van der Waals surface area contributed by atoms with Crippen LogP contribution in [0.1, 0.15) is 22.8 Å². The minimum atomic E-state index is -0.479. The first kappa shape index (κ1) is 16.8. The third-order valence-corrected chi connectivity index (χ3v) is 3.31. The van der Waals surface area contributed by atoms with Crippen LogP contribution >= 0.6 is 0 Å². The number of carbonyl (C=O) groups is 2. The summed E-state index contributed by atoms with van der Waals surface area (Å²) >= 11 is 0. The van der Waals surface area contributed by atoms with Gasteiger partial charge in [-0.3, -0.25) is 9.59 Å². The Hall–Kier alpha value is -4.06. The van der Waals surface area contributed by atoms with E-state index < -0.39 is 5.91 Å². The first-order chi connectivity index (χ1) is 12.6. The van der Waals surface area contributed by atoms with E-state index in [1.165, 1.54) is 36.1 Å². The van der Waals surface area contributed by atoms with Crippen LogP contribution in [0.25, 0.3) is 5.82 Å². The van der Waals surface area contributed by atoms with E-state index in [1.807, 2.05) is 6.07 Å². The zero-order chi connectivity index (χ0) is 18.5. The number of pyridine rings is 2. The number of aromatic nitrogens is 4. The standard InChI is InChI=1S/C17H13N7O2/c1-11(25)22-14-8-12(5-7-19-14)17(26)23-16-13(9-18)10-21-24(16)15-4-2-3-6-20-15/h2-8,10H,1H3,(H,23,26)(H,19,22,25). The maximum atomic E-state index is 12.6. The number of nitriles is 1. The number of nitrogens with one attached hydrogen (secondary N) is 2. The lowest BCUT2D eigenvalue weighted by molar-refractivity contribution is -0.114. The number of nitrogens with zero attached hydrogens (tertiary/aromatic N) is 5. The van der Waals surface area contributed by atoms with Crippen molar-refractivity contribution in [2.24, 2.45) is 0 Å². The van der Waals surface area contributed by atoms with E-state index in [1.54, 1.807) is 24.4 Å².